The second kappa shape index (κ2) is 7.56. The van der Waals surface area contributed by atoms with Crippen LogP contribution in [0.3, 0.4) is 0 Å². The van der Waals surface area contributed by atoms with Crippen molar-refractivity contribution in [1.29, 1.82) is 0 Å². The Morgan fingerprint density at radius 2 is 1.91 bits per heavy atom. The molecular formula is C16H16BrFN2OS. The zero-order valence-corrected chi connectivity index (χ0v) is 14.6. The molecule has 3 nitrogen and oxygen atoms in total. The molecule has 0 radical (unpaired) electrons. The number of ether oxygens (including phenoxy) is 1. The molecule has 116 valence electrons. The van der Waals surface area contributed by atoms with Gasteiger partial charge in [-0.15, -0.1) is 0 Å². The van der Waals surface area contributed by atoms with Crippen molar-refractivity contribution in [2.45, 2.75) is 13.0 Å². The van der Waals surface area contributed by atoms with Crippen LogP contribution in [0.5, 0.6) is 5.75 Å². The van der Waals surface area contributed by atoms with Crippen LogP contribution in [-0.4, -0.2) is 12.2 Å². The minimum atomic E-state index is -0.365. The highest BCUT2D eigenvalue weighted by atomic mass is 79.9. The maximum absolute atomic E-state index is 13.8. The van der Waals surface area contributed by atoms with E-state index in [1.807, 2.05) is 31.2 Å². The van der Waals surface area contributed by atoms with Crippen LogP contribution in [0.4, 0.5) is 10.1 Å². The van der Waals surface area contributed by atoms with Gasteiger partial charge < -0.3 is 15.4 Å². The summed E-state index contributed by atoms with van der Waals surface area (Å²) < 4.78 is 19.6. The van der Waals surface area contributed by atoms with E-state index >= 15 is 0 Å². The number of anilines is 1. The Morgan fingerprint density at radius 1 is 1.23 bits per heavy atom. The molecule has 1 atom stereocenters. The predicted molar refractivity (Wildman–Crippen MR) is 94.9 cm³/mol. The van der Waals surface area contributed by atoms with Gasteiger partial charge in [0.2, 0.25) is 0 Å². The van der Waals surface area contributed by atoms with Gasteiger partial charge in [-0.25, -0.2) is 4.39 Å². The van der Waals surface area contributed by atoms with Gasteiger partial charge in [-0.2, -0.15) is 0 Å². The smallest absolute Gasteiger partial charge is 0.171 e. The van der Waals surface area contributed by atoms with E-state index in [1.165, 1.54) is 6.07 Å². The van der Waals surface area contributed by atoms with Gasteiger partial charge in [-0.1, -0.05) is 28.1 Å². The largest absolute Gasteiger partial charge is 0.497 e. The fourth-order valence-corrected chi connectivity index (χ4v) is 2.54. The molecular weight excluding hydrogens is 367 g/mol. The molecule has 0 aliphatic rings. The maximum Gasteiger partial charge on any atom is 0.171 e. The zero-order chi connectivity index (χ0) is 16.1. The van der Waals surface area contributed by atoms with E-state index in [-0.39, 0.29) is 11.9 Å². The summed E-state index contributed by atoms with van der Waals surface area (Å²) in [5, 5.41) is 6.35. The van der Waals surface area contributed by atoms with Crippen LogP contribution in [0, 0.1) is 5.82 Å². The van der Waals surface area contributed by atoms with Crippen LogP contribution in [0.15, 0.2) is 46.9 Å². The van der Waals surface area contributed by atoms with E-state index < -0.39 is 0 Å². The molecule has 0 aromatic heterocycles. The van der Waals surface area contributed by atoms with Crippen molar-refractivity contribution in [3.8, 4) is 5.75 Å². The van der Waals surface area contributed by atoms with E-state index in [0.29, 0.717) is 15.3 Å². The second-order valence-electron chi connectivity index (χ2n) is 4.72. The summed E-state index contributed by atoms with van der Waals surface area (Å²) in [5.74, 6) is 0.434. The van der Waals surface area contributed by atoms with Crippen LogP contribution >= 0.6 is 28.1 Å². The van der Waals surface area contributed by atoms with Gasteiger partial charge in [0.1, 0.15) is 11.6 Å². The monoisotopic (exact) mass is 382 g/mol. The number of benzene rings is 2. The first-order valence-electron chi connectivity index (χ1n) is 6.66. The third kappa shape index (κ3) is 4.42. The molecule has 0 saturated heterocycles. The Labute approximate surface area is 143 Å². The lowest BCUT2D eigenvalue weighted by atomic mass is 10.1. The first-order valence-corrected chi connectivity index (χ1v) is 7.86. The highest BCUT2D eigenvalue weighted by Gasteiger charge is 2.09. The zero-order valence-electron chi connectivity index (χ0n) is 12.2. The van der Waals surface area contributed by atoms with Crippen LogP contribution in [-0.2, 0) is 0 Å². The summed E-state index contributed by atoms with van der Waals surface area (Å²) >= 11 is 8.45. The second-order valence-corrected chi connectivity index (χ2v) is 6.04. The van der Waals surface area contributed by atoms with E-state index in [4.69, 9.17) is 17.0 Å². The number of thiocarbonyl (C=S) groups is 1. The number of methoxy groups -OCH3 is 1. The average molecular weight is 383 g/mol. The van der Waals surface area contributed by atoms with Crippen LogP contribution < -0.4 is 15.4 Å². The van der Waals surface area contributed by atoms with Crippen molar-refractivity contribution < 1.29 is 9.13 Å². The van der Waals surface area contributed by atoms with Gasteiger partial charge in [0.05, 0.1) is 18.8 Å². The lowest BCUT2D eigenvalue weighted by Gasteiger charge is -2.18. The molecule has 2 rings (SSSR count). The fraction of sp³-hybridized carbons (Fsp3) is 0.188. The summed E-state index contributed by atoms with van der Waals surface area (Å²) in [6.45, 7) is 1.98. The standard InChI is InChI=1S/C16H16BrFN2OS/c1-10(11-3-6-13(21-2)7-4-11)19-16(22)20-15-8-5-12(17)9-14(15)18/h3-10H,1-2H3,(H2,19,20,22)/t10-/m0/s1. The minimum absolute atomic E-state index is 0.00980. The van der Waals surface area contributed by atoms with E-state index in [2.05, 4.69) is 26.6 Å². The van der Waals surface area contributed by atoms with Crippen molar-refractivity contribution in [1.82, 2.24) is 5.32 Å². The number of rotatable bonds is 4. The quantitative estimate of drug-likeness (QED) is 0.754. The van der Waals surface area contributed by atoms with Crippen LogP contribution in [0.1, 0.15) is 18.5 Å². The molecule has 0 spiro atoms. The SMILES string of the molecule is COc1ccc([C@H](C)NC(=S)Nc2ccc(Br)cc2F)cc1. The summed E-state index contributed by atoms with van der Waals surface area (Å²) in [5.41, 5.74) is 1.39. The molecule has 2 aromatic carbocycles. The molecule has 6 heteroatoms. The van der Waals surface area contributed by atoms with Crippen molar-refractivity contribution in [3.63, 3.8) is 0 Å². The molecule has 2 aromatic rings. The number of nitrogens with one attached hydrogen (secondary N) is 2. The van der Waals surface area contributed by atoms with Gasteiger partial charge in [0.25, 0.3) is 0 Å². The van der Waals surface area contributed by atoms with Crippen molar-refractivity contribution >= 4 is 38.9 Å². The fourth-order valence-electron chi connectivity index (χ4n) is 1.92. The van der Waals surface area contributed by atoms with Gasteiger partial charge in [0, 0.05) is 4.47 Å². The van der Waals surface area contributed by atoms with Crippen LogP contribution in [0.25, 0.3) is 0 Å². The van der Waals surface area contributed by atoms with E-state index in [9.17, 15) is 4.39 Å². The Kier molecular flexibility index (Phi) is 5.74. The Balaban J connectivity index is 1.98. The molecule has 0 fully saturated rings. The number of hydrogen-bond donors (Lipinski definition) is 2. The maximum atomic E-state index is 13.8. The molecule has 0 saturated carbocycles. The topological polar surface area (TPSA) is 33.3 Å². The van der Waals surface area contributed by atoms with E-state index in [1.54, 1.807) is 19.2 Å². The molecule has 0 amide bonds. The first kappa shape index (κ1) is 16.7. The van der Waals surface area contributed by atoms with E-state index in [0.717, 1.165) is 11.3 Å². The molecule has 0 aliphatic heterocycles. The number of hydrogen-bond acceptors (Lipinski definition) is 2. The lowest BCUT2D eigenvalue weighted by molar-refractivity contribution is 0.414. The highest BCUT2D eigenvalue weighted by molar-refractivity contribution is 9.10. The Bertz CT molecular complexity index is 664. The molecule has 2 N–H and O–H groups in total. The minimum Gasteiger partial charge on any atom is -0.497 e. The number of halogens is 2. The summed E-state index contributed by atoms with van der Waals surface area (Å²) in [6.07, 6.45) is 0. The third-order valence-corrected chi connectivity index (χ3v) is 3.86. The predicted octanol–water partition coefficient (Wildman–Crippen LogP) is 4.64. The molecule has 0 unspecified atom stereocenters. The summed E-state index contributed by atoms with van der Waals surface area (Å²) in [6, 6.07) is 12.4. The Morgan fingerprint density at radius 3 is 2.50 bits per heavy atom. The molecule has 0 bridgehead atoms. The van der Waals surface area contributed by atoms with Gasteiger partial charge in [0.15, 0.2) is 5.11 Å². The summed E-state index contributed by atoms with van der Waals surface area (Å²) in [4.78, 5) is 0. The Hall–Kier alpha value is -1.66. The van der Waals surface area contributed by atoms with Gasteiger partial charge in [-0.05, 0) is 55.0 Å². The average Bonchev–Trinajstić information content (AvgIpc) is 2.50. The summed E-state index contributed by atoms with van der Waals surface area (Å²) in [7, 11) is 1.63. The van der Waals surface area contributed by atoms with Crippen molar-refractivity contribution in [2.75, 3.05) is 12.4 Å². The normalized spacial score (nSPS) is 11.6. The van der Waals surface area contributed by atoms with Gasteiger partial charge >= 0.3 is 0 Å². The molecule has 0 heterocycles. The van der Waals surface area contributed by atoms with Crippen molar-refractivity contribution in [2.24, 2.45) is 0 Å². The first-order chi connectivity index (χ1) is 10.5. The molecule has 22 heavy (non-hydrogen) atoms. The lowest BCUT2D eigenvalue weighted by Crippen LogP contribution is -2.31. The molecule has 0 aliphatic carbocycles. The third-order valence-electron chi connectivity index (χ3n) is 3.14. The van der Waals surface area contributed by atoms with Crippen LogP contribution in [0.2, 0.25) is 0 Å². The van der Waals surface area contributed by atoms with Crippen molar-refractivity contribution in [3.05, 3.63) is 58.3 Å². The van der Waals surface area contributed by atoms with Gasteiger partial charge in [-0.3, -0.25) is 0 Å². The highest BCUT2D eigenvalue weighted by Crippen LogP contribution is 2.20.